The van der Waals surface area contributed by atoms with Crippen molar-refractivity contribution >= 4 is 11.8 Å². The molecule has 19 heavy (non-hydrogen) atoms. The maximum absolute atomic E-state index is 12.9. The Bertz CT molecular complexity index is 471. The first-order valence-electron chi connectivity index (χ1n) is 5.20. The molecule has 0 bridgehead atoms. The van der Waals surface area contributed by atoms with E-state index >= 15 is 0 Å². The van der Waals surface area contributed by atoms with Crippen molar-refractivity contribution in [3.63, 3.8) is 0 Å². The number of rotatable bonds is 6. The second-order valence-corrected chi connectivity index (χ2v) is 3.53. The molecule has 0 atom stereocenters. The van der Waals surface area contributed by atoms with Crippen LogP contribution < -0.4 is 11.1 Å². The first kappa shape index (κ1) is 15.0. The van der Waals surface area contributed by atoms with Crippen molar-refractivity contribution in [1.29, 1.82) is 0 Å². The monoisotopic (exact) mass is 276 g/mol. The minimum atomic E-state index is -1.64. The zero-order valence-electron chi connectivity index (χ0n) is 9.71. The SMILES string of the molecule is NC(=O)COCCNC(=O)c1cc(F)c(F)c(F)c1. The van der Waals surface area contributed by atoms with Gasteiger partial charge >= 0.3 is 0 Å². The number of carbonyl (C=O) groups excluding carboxylic acids is 2. The number of primary amides is 1. The molecule has 2 amide bonds. The number of ether oxygens (including phenoxy) is 1. The van der Waals surface area contributed by atoms with Gasteiger partial charge in [0, 0.05) is 12.1 Å². The fourth-order valence-electron chi connectivity index (χ4n) is 1.20. The van der Waals surface area contributed by atoms with Gasteiger partial charge in [0.15, 0.2) is 17.5 Å². The lowest BCUT2D eigenvalue weighted by Gasteiger charge is -2.06. The van der Waals surface area contributed by atoms with Crippen molar-refractivity contribution in [2.75, 3.05) is 19.8 Å². The molecular formula is C11H11F3N2O3. The maximum Gasteiger partial charge on any atom is 0.251 e. The van der Waals surface area contributed by atoms with E-state index in [1.807, 2.05) is 0 Å². The van der Waals surface area contributed by atoms with Gasteiger partial charge in [-0.25, -0.2) is 13.2 Å². The molecule has 5 nitrogen and oxygen atoms in total. The third-order valence-corrected chi connectivity index (χ3v) is 2.02. The van der Waals surface area contributed by atoms with Gasteiger partial charge in [0.25, 0.3) is 5.91 Å². The second-order valence-electron chi connectivity index (χ2n) is 3.53. The van der Waals surface area contributed by atoms with Crippen molar-refractivity contribution in [3.05, 3.63) is 35.1 Å². The predicted octanol–water partition coefficient (Wildman–Crippen LogP) is 0.336. The first-order valence-corrected chi connectivity index (χ1v) is 5.20. The smallest absolute Gasteiger partial charge is 0.251 e. The summed E-state index contributed by atoms with van der Waals surface area (Å²) in [5, 5.41) is 2.27. The molecule has 0 spiro atoms. The van der Waals surface area contributed by atoms with Gasteiger partial charge in [0.05, 0.1) is 6.61 Å². The van der Waals surface area contributed by atoms with Crippen LogP contribution in [0.4, 0.5) is 13.2 Å². The van der Waals surface area contributed by atoms with E-state index in [1.165, 1.54) is 0 Å². The van der Waals surface area contributed by atoms with E-state index in [2.05, 4.69) is 5.32 Å². The van der Waals surface area contributed by atoms with Gasteiger partial charge in [-0.05, 0) is 12.1 Å². The number of nitrogens with one attached hydrogen (secondary N) is 1. The van der Waals surface area contributed by atoms with Crippen LogP contribution in [-0.2, 0) is 9.53 Å². The third-order valence-electron chi connectivity index (χ3n) is 2.02. The molecule has 104 valence electrons. The first-order chi connectivity index (χ1) is 8.91. The van der Waals surface area contributed by atoms with Crippen LogP contribution in [0.15, 0.2) is 12.1 Å². The fourth-order valence-corrected chi connectivity index (χ4v) is 1.20. The topological polar surface area (TPSA) is 81.4 Å². The summed E-state index contributed by atoms with van der Waals surface area (Å²) in [7, 11) is 0. The van der Waals surface area contributed by atoms with Gasteiger partial charge in [0.2, 0.25) is 5.91 Å². The molecule has 0 fully saturated rings. The standard InChI is InChI=1S/C11H11F3N2O3/c12-7-3-6(4-8(13)10(7)14)11(18)16-1-2-19-5-9(15)17/h3-4H,1-2,5H2,(H2,15,17)(H,16,18). The van der Waals surface area contributed by atoms with Crippen LogP contribution in [0, 0.1) is 17.5 Å². The number of nitrogens with two attached hydrogens (primary N) is 1. The van der Waals surface area contributed by atoms with Crippen LogP contribution in [-0.4, -0.2) is 31.6 Å². The Kier molecular flexibility index (Phi) is 5.31. The molecule has 0 radical (unpaired) electrons. The zero-order chi connectivity index (χ0) is 14.4. The number of hydrogen-bond donors (Lipinski definition) is 2. The van der Waals surface area contributed by atoms with Crippen molar-refractivity contribution < 1.29 is 27.5 Å². The molecule has 0 saturated heterocycles. The Morgan fingerprint density at radius 3 is 2.32 bits per heavy atom. The fraction of sp³-hybridized carbons (Fsp3) is 0.273. The van der Waals surface area contributed by atoms with Crippen LogP contribution >= 0.6 is 0 Å². The van der Waals surface area contributed by atoms with Gasteiger partial charge in [0.1, 0.15) is 6.61 Å². The average Bonchev–Trinajstić information content (AvgIpc) is 2.34. The van der Waals surface area contributed by atoms with Crippen LogP contribution in [0.5, 0.6) is 0 Å². The molecule has 1 aromatic rings. The molecule has 0 heterocycles. The Balaban J connectivity index is 2.48. The van der Waals surface area contributed by atoms with Crippen molar-refractivity contribution in [1.82, 2.24) is 5.32 Å². The zero-order valence-corrected chi connectivity index (χ0v) is 9.71. The molecule has 1 aromatic carbocycles. The molecule has 8 heteroatoms. The normalized spacial score (nSPS) is 10.3. The van der Waals surface area contributed by atoms with Gasteiger partial charge in [-0.2, -0.15) is 0 Å². The maximum atomic E-state index is 12.9. The minimum absolute atomic E-state index is 0.000832. The molecule has 0 aliphatic rings. The lowest BCUT2D eigenvalue weighted by atomic mass is 10.2. The van der Waals surface area contributed by atoms with Crippen LogP contribution in [0.1, 0.15) is 10.4 Å². The summed E-state index contributed by atoms with van der Waals surface area (Å²) in [6, 6.07) is 1.16. The summed E-state index contributed by atoms with van der Waals surface area (Å²) in [6.45, 7) is -0.288. The highest BCUT2D eigenvalue weighted by Gasteiger charge is 2.14. The summed E-state index contributed by atoms with van der Waals surface area (Å²) in [4.78, 5) is 21.8. The summed E-state index contributed by atoms with van der Waals surface area (Å²) >= 11 is 0. The average molecular weight is 276 g/mol. The summed E-state index contributed by atoms with van der Waals surface area (Å²) in [6.07, 6.45) is 0. The minimum Gasteiger partial charge on any atom is -0.370 e. The lowest BCUT2D eigenvalue weighted by Crippen LogP contribution is -2.29. The van der Waals surface area contributed by atoms with Crippen LogP contribution in [0.25, 0.3) is 0 Å². The Morgan fingerprint density at radius 1 is 1.21 bits per heavy atom. The molecule has 3 N–H and O–H groups in total. The highest BCUT2D eigenvalue weighted by Crippen LogP contribution is 2.13. The summed E-state index contributed by atoms with van der Waals surface area (Å²) in [5.41, 5.74) is 4.45. The molecule has 0 unspecified atom stereocenters. The third kappa shape index (κ3) is 4.59. The van der Waals surface area contributed by atoms with Crippen molar-refractivity contribution in [2.45, 2.75) is 0 Å². The van der Waals surface area contributed by atoms with E-state index < -0.39 is 29.3 Å². The van der Waals surface area contributed by atoms with Crippen LogP contribution in [0.3, 0.4) is 0 Å². The van der Waals surface area contributed by atoms with Gasteiger partial charge in [-0.1, -0.05) is 0 Å². The number of amides is 2. The van der Waals surface area contributed by atoms with Gasteiger partial charge in [-0.15, -0.1) is 0 Å². The van der Waals surface area contributed by atoms with E-state index in [9.17, 15) is 22.8 Å². The van der Waals surface area contributed by atoms with Gasteiger partial charge in [-0.3, -0.25) is 9.59 Å². The molecule has 0 aliphatic heterocycles. The highest BCUT2D eigenvalue weighted by atomic mass is 19.2. The van der Waals surface area contributed by atoms with Crippen LogP contribution in [0.2, 0.25) is 0 Å². The molecule has 0 aromatic heterocycles. The Morgan fingerprint density at radius 2 is 1.79 bits per heavy atom. The van der Waals surface area contributed by atoms with Gasteiger partial charge < -0.3 is 15.8 Å². The summed E-state index contributed by atoms with van der Waals surface area (Å²) < 4.78 is 43.1. The van der Waals surface area contributed by atoms with E-state index in [0.717, 1.165) is 0 Å². The van der Waals surface area contributed by atoms with E-state index in [1.54, 1.807) is 0 Å². The van der Waals surface area contributed by atoms with Crippen molar-refractivity contribution in [3.8, 4) is 0 Å². The predicted molar refractivity (Wildman–Crippen MR) is 58.7 cm³/mol. The van der Waals surface area contributed by atoms with Crippen molar-refractivity contribution in [2.24, 2.45) is 5.73 Å². The molecular weight excluding hydrogens is 265 g/mol. The number of benzene rings is 1. The molecule has 0 saturated carbocycles. The second kappa shape index (κ2) is 6.74. The van der Waals surface area contributed by atoms with E-state index in [4.69, 9.17) is 10.5 Å². The lowest BCUT2D eigenvalue weighted by molar-refractivity contribution is -0.122. The number of carbonyl (C=O) groups is 2. The largest absolute Gasteiger partial charge is 0.370 e. The highest BCUT2D eigenvalue weighted by molar-refractivity contribution is 5.94. The number of halogens is 3. The Hall–Kier alpha value is -2.09. The number of hydrogen-bond acceptors (Lipinski definition) is 3. The van der Waals surface area contributed by atoms with E-state index in [-0.39, 0.29) is 25.3 Å². The van der Waals surface area contributed by atoms with E-state index in [0.29, 0.717) is 12.1 Å². The quantitative estimate of drug-likeness (QED) is 0.580. The molecule has 0 aliphatic carbocycles. The summed E-state index contributed by atoms with van der Waals surface area (Å²) in [5.74, 6) is -5.99. The molecule has 1 rings (SSSR count). The Labute approximate surface area is 106 Å².